The molecule has 3 heteroatoms. The van der Waals surface area contributed by atoms with Crippen LogP contribution in [0.4, 0.5) is 0 Å². The minimum atomic E-state index is 0.952. The van der Waals surface area contributed by atoms with E-state index in [1.54, 1.807) is 11.9 Å². The highest BCUT2D eigenvalue weighted by molar-refractivity contribution is 7.97. The van der Waals surface area contributed by atoms with Gasteiger partial charge in [0.05, 0.1) is 0 Å². The van der Waals surface area contributed by atoms with Crippen LogP contribution in [0.25, 0.3) is 0 Å². The predicted molar refractivity (Wildman–Crippen MR) is 36.9 cm³/mol. The number of hydrogen-bond acceptors (Lipinski definition) is 3. The lowest BCUT2D eigenvalue weighted by molar-refractivity contribution is 0.967. The van der Waals surface area contributed by atoms with Crippen LogP contribution in [0, 0.1) is 0 Å². The van der Waals surface area contributed by atoms with Crippen LogP contribution in [0.5, 0.6) is 0 Å². The Labute approximate surface area is 57.8 Å². The van der Waals surface area contributed by atoms with Crippen molar-refractivity contribution in [3.8, 4) is 0 Å². The maximum Gasteiger partial charge on any atom is 0.115 e. The summed E-state index contributed by atoms with van der Waals surface area (Å²) in [5.74, 6) is 0. The van der Waals surface area contributed by atoms with Crippen LogP contribution in [0.15, 0.2) is 23.4 Å². The molecule has 2 rings (SSSR count). The van der Waals surface area contributed by atoms with Gasteiger partial charge in [0, 0.05) is 18.3 Å². The minimum absolute atomic E-state index is 0.952. The Bertz CT molecular complexity index is 201. The zero-order valence-electron chi connectivity index (χ0n) is 4.79. The molecule has 1 aromatic heterocycles. The summed E-state index contributed by atoms with van der Waals surface area (Å²) in [6, 6.07) is 4.06. The van der Waals surface area contributed by atoms with E-state index in [-0.39, 0.29) is 0 Å². The highest BCUT2D eigenvalue weighted by atomic mass is 32.2. The normalized spacial score (nSPS) is 15.6. The number of rotatable bonds is 0. The maximum atomic E-state index is 4.16. The third kappa shape index (κ3) is 0.821. The Kier molecular flexibility index (Phi) is 1.17. The Balaban J connectivity index is 2.54. The first-order valence-corrected chi connectivity index (χ1v) is 3.62. The van der Waals surface area contributed by atoms with Crippen molar-refractivity contribution in [1.82, 2.24) is 9.71 Å². The van der Waals surface area contributed by atoms with Gasteiger partial charge in [-0.15, -0.1) is 0 Å². The van der Waals surface area contributed by atoms with E-state index in [1.807, 2.05) is 12.3 Å². The van der Waals surface area contributed by atoms with Crippen molar-refractivity contribution in [1.29, 1.82) is 0 Å². The van der Waals surface area contributed by atoms with Gasteiger partial charge in [0.1, 0.15) is 5.03 Å². The molecule has 0 bridgehead atoms. The number of fused-ring (bicyclic) bond motifs is 1. The number of aromatic nitrogens is 1. The van der Waals surface area contributed by atoms with E-state index in [0.717, 1.165) is 11.6 Å². The number of nitrogens with one attached hydrogen (secondary N) is 1. The van der Waals surface area contributed by atoms with Gasteiger partial charge in [-0.2, -0.15) is 0 Å². The second-order valence-corrected chi connectivity index (χ2v) is 2.77. The monoisotopic (exact) mass is 138 g/mol. The Morgan fingerprint density at radius 3 is 3.56 bits per heavy atom. The van der Waals surface area contributed by atoms with Crippen LogP contribution >= 0.6 is 11.9 Å². The fourth-order valence-electron chi connectivity index (χ4n) is 0.833. The van der Waals surface area contributed by atoms with Crippen LogP contribution in [-0.4, -0.2) is 4.98 Å². The molecule has 0 aliphatic carbocycles. The quantitative estimate of drug-likeness (QED) is 0.545. The van der Waals surface area contributed by atoms with Crippen molar-refractivity contribution in [3.05, 3.63) is 23.9 Å². The molecule has 1 aliphatic rings. The molecular weight excluding hydrogens is 132 g/mol. The first kappa shape index (κ1) is 5.26. The summed E-state index contributed by atoms with van der Waals surface area (Å²) in [5.41, 5.74) is 1.31. The van der Waals surface area contributed by atoms with E-state index >= 15 is 0 Å². The smallest absolute Gasteiger partial charge is 0.115 e. The number of hydrogen-bond donors (Lipinski definition) is 1. The molecule has 9 heavy (non-hydrogen) atoms. The molecule has 0 atom stereocenters. The lowest BCUT2D eigenvalue weighted by Crippen LogP contribution is -1.91. The van der Waals surface area contributed by atoms with Crippen molar-refractivity contribution in [2.24, 2.45) is 0 Å². The van der Waals surface area contributed by atoms with Crippen molar-refractivity contribution in [3.63, 3.8) is 0 Å². The number of pyridine rings is 1. The molecule has 0 fully saturated rings. The van der Waals surface area contributed by atoms with E-state index in [0.29, 0.717) is 0 Å². The van der Waals surface area contributed by atoms with Gasteiger partial charge in [-0.05, 0) is 18.0 Å². The second-order valence-electron chi connectivity index (χ2n) is 1.89. The fourth-order valence-corrected chi connectivity index (χ4v) is 1.58. The third-order valence-corrected chi connectivity index (χ3v) is 2.13. The molecule has 1 aromatic rings. The van der Waals surface area contributed by atoms with Crippen molar-refractivity contribution in [2.45, 2.75) is 11.6 Å². The zero-order valence-corrected chi connectivity index (χ0v) is 5.61. The topological polar surface area (TPSA) is 24.9 Å². The Morgan fingerprint density at radius 2 is 2.67 bits per heavy atom. The second kappa shape index (κ2) is 2.01. The summed E-state index contributed by atoms with van der Waals surface area (Å²) in [7, 11) is 0. The van der Waals surface area contributed by atoms with E-state index in [4.69, 9.17) is 0 Å². The summed E-state index contributed by atoms with van der Waals surface area (Å²) in [4.78, 5) is 4.16. The van der Waals surface area contributed by atoms with E-state index in [1.165, 1.54) is 5.56 Å². The standard InChI is InChI=1S/C6H6N2S/c1-2-5-4-8-9-6(5)7-3-1/h1-3,8H,4H2. The summed E-state index contributed by atoms with van der Waals surface area (Å²) in [5, 5.41) is 1.12. The summed E-state index contributed by atoms with van der Waals surface area (Å²) in [6.07, 6.45) is 1.82. The molecule has 0 unspecified atom stereocenters. The van der Waals surface area contributed by atoms with Crippen molar-refractivity contribution in [2.75, 3.05) is 0 Å². The van der Waals surface area contributed by atoms with Crippen LogP contribution in [0.2, 0.25) is 0 Å². The first-order chi connectivity index (χ1) is 4.47. The molecule has 46 valence electrons. The average molecular weight is 138 g/mol. The average Bonchev–Trinajstić information content (AvgIpc) is 2.33. The van der Waals surface area contributed by atoms with Gasteiger partial charge >= 0.3 is 0 Å². The SMILES string of the molecule is c1cnc2c(c1)CNS2. The molecule has 0 saturated carbocycles. The van der Waals surface area contributed by atoms with Crippen LogP contribution in [0.3, 0.4) is 0 Å². The minimum Gasteiger partial charge on any atom is -0.254 e. The molecule has 0 aromatic carbocycles. The molecule has 0 saturated heterocycles. The van der Waals surface area contributed by atoms with Crippen LogP contribution in [0.1, 0.15) is 5.56 Å². The molecule has 2 heterocycles. The van der Waals surface area contributed by atoms with Crippen molar-refractivity contribution < 1.29 is 0 Å². The molecular formula is C6H6N2S. The lowest BCUT2D eigenvalue weighted by Gasteiger charge is -1.89. The predicted octanol–water partition coefficient (Wildman–Crippen LogP) is 1.19. The molecule has 0 radical (unpaired) electrons. The van der Waals surface area contributed by atoms with Crippen molar-refractivity contribution >= 4 is 11.9 Å². The highest BCUT2D eigenvalue weighted by Crippen LogP contribution is 2.23. The van der Waals surface area contributed by atoms with Gasteiger partial charge in [0.25, 0.3) is 0 Å². The van der Waals surface area contributed by atoms with Crippen LogP contribution < -0.4 is 4.72 Å². The summed E-state index contributed by atoms with van der Waals surface area (Å²) < 4.78 is 3.14. The van der Waals surface area contributed by atoms with E-state index in [2.05, 4.69) is 15.8 Å². The van der Waals surface area contributed by atoms with Gasteiger partial charge in [-0.1, -0.05) is 6.07 Å². The Hall–Kier alpha value is -0.540. The molecule has 2 nitrogen and oxygen atoms in total. The van der Waals surface area contributed by atoms with Gasteiger partial charge in [0.15, 0.2) is 0 Å². The largest absolute Gasteiger partial charge is 0.254 e. The summed E-state index contributed by atoms with van der Waals surface area (Å²) in [6.45, 7) is 0.952. The molecule has 0 spiro atoms. The third-order valence-electron chi connectivity index (χ3n) is 1.28. The van der Waals surface area contributed by atoms with Gasteiger partial charge in [0.2, 0.25) is 0 Å². The molecule has 0 amide bonds. The van der Waals surface area contributed by atoms with Crippen LogP contribution in [-0.2, 0) is 6.54 Å². The Morgan fingerprint density at radius 1 is 1.67 bits per heavy atom. The lowest BCUT2D eigenvalue weighted by atomic mass is 10.3. The fraction of sp³-hybridized carbons (Fsp3) is 0.167. The summed E-state index contributed by atoms with van der Waals surface area (Å²) >= 11 is 1.61. The highest BCUT2D eigenvalue weighted by Gasteiger charge is 2.09. The van der Waals surface area contributed by atoms with E-state index < -0.39 is 0 Å². The van der Waals surface area contributed by atoms with Gasteiger partial charge in [-0.25, -0.2) is 4.98 Å². The first-order valence-electron chi connectivity index (χ1n) is 2.80. The van der Waals surface area contributed by atoms with Gasteiger partial charge in [-0.3, -0.25) is 4.72 Å². The maximum absolute atomic E-state index is 4.16. The molecule has 1 aliphatic heterocycles. The molecule has 1 N–H and O–H groups in total. The zero-order chi connectivity index (χ0) is 6.10. The van der Waals surface area contributed by atoms with Gasteiger partial charge < -0.3 is 0 Å². The van der Waals surface area contributed by atoms with E-state index in [9.17, 15) is 0 Å². The number of nitrogens with zero attached hydrogens (tertiary/aromatic N) is 1.